The van der Waals surface area contributed by atoms with Gasteiger partial charge in [0.25, 0.3) is 0 Å². The summed E-state index contributed by atoms with van der Waals surface area (Å²) in [6.45, 7) is 5.23. The minimum Gasteiger partial charge on any atom is -0.369 e. The summed E-state index contributed by atoms with van der Waals surface area (Å²) < 4.78 is 0. The van der Waals surface area contributed by atoms with Crippen LogP contribution in [0.3, 0.4) is 0 Å². The number of hydrogen-bond donors (Lipinski definition) is 2. The van der Waals surface area contributed by atoms with E-state index in [2.05, 4.69) is 35.3 Å². The van der Waals surface area contributed by atoms with Gasteiger partial charge in [0.1, 0.15) is 0 Å². The van der Waals surface area contributed by atoms with Gasteiger partial charge in [0, 0.05) is 25.0 Å². The Hall–Kier alpha value is -1.88. The molecular weight excluding hydrogens is 326 g/mol. The van der Waals surface area contributed by atoms with Crippen LogP contribution in [0.25, 0.3) is 0 Å². The Morgan fingerprint density at radius 1 is 1.23 bits per heavy atom. The van der Waals surface area contributed by atoms with Gasteiger partial charge in [0.2, 0.25) is 11.8 Å². The zero-order valence-electron chi connectivity index (χ0n) is 15.8. The van der Waals surface area contributed by atoms with Gasteiger partial charge in [-0.25, -0.2) is 0 Å². The highest BCUT2D eigenvalue weighted by molar-refractivity contribution is 5.82. The molecular formula is C21H31N3O2. The maximum absolute atomic E-state index is 12.5. The highest BCUT2D eigenvalue weighted by atomic mass is 16.2. The van der Waals surface area contributed by atoms with Crippen LogP contribution in [0.2, 0.25) is 0 Å². The van der Waals surface area contributed by atoms with Crippen LogP contribution in [0, 0.1) is 11.3 Å². The average molecular weight is 357 g/mol. The lowest BCUT2D eigenvalue weighted by molar-refractivity contribution is -0.130. The van der Waals surface area contributed by atoms with Crippen molar-refractivity contribution in [2.45, 2.75) is 58.5 Å². The van der Waals surface area contributed by atoms with Gasteiger partial charge in [-0.05, 0) is 43.4 Å². The van der Waals surface area contributed by atoms with Gasteiger partial charge < -0.3 is 11.1 Å². The minimum atomic E-state index is -0.188. The lowest BCUT2D eigenvalue weighted by Gasteiger charge is -2.31. The van der Waals surface area contributed by atoms with E-state index in [1.165, 1.54) is 5.56 Å². The van der Waals surface area contributed by atoms with Crippen LogP contribution >= 0.6 is 0 Å². The summed E-state index contributed by atoms with van der Waals surface area (Å²) in [6.07, 6.45) is 6.21. The third-order valence-corrected chi connectivity index (χ3v) is 6.01. The van der Waals surface area contributed by atoms with Crippen molar-refractivity contribution in [3.8, 4) is 0 Å². The molecule has 0 radical (unpaired) electrons. The number of likely N-dealkylation sites (tertiary alicyclic amines) is 1. The summed E-state index contributed by atoms with van der Waals surface area (Å²) in [5.41, 5.74) is 7.63. The average Bonchev–Trinajstić information content (AvgIpc) is 3.08. The molecule has 1 aliphatic carbocycles. The molecule has 3 rings (SSSR count). The predicted octanol–water partition coefficient (Wildman–Crippen LogP) is 2.58. The highest BCUT2D eigenvalue weighted by Gasteiger charge is 2.35. The quantitative estimate of drug-likeness (QED) is 0.822. The molecule has 1 aromatic rings. The Balaban J connectivity index is 1.54. The lowest BCUT2D eigenvalue weighted by atomic mass is 9.88. The maximum Gasteiger partial charge on any atom is 0.226 e. The second-order valence-electron chi connectivity index (χ2n) is 8.25. The van der Waals surface area contributed by atoms with Crippen molar-refractivity contribution in [2.24, 2.45) is 17.1 Å². The SMILES string of the molecule is CC1(C(=O)NCc2cccc(CN3CCCC(C(N)=O)C3)c2)CCCC1. The summed E-state index contributed by atoms with van der Waals surface area (Å²) in [7, 11) is 0. The topological polar surface area (TPSA) is 75.4 Å². The number of nitrogens with two attached hydrogens (primary N) is 1. The molecule has 1 saturated heterocycles. The summed E-state index contributed by atoms with van der Waals surface area (Å²) in [4.78, 5) is 26.2. The van der Waals surface area contributed by atoms with Gasteiger partial charge in [-0.3, -0.25) is 14.5 Å². The number of carbonyl (C=O) groups is 2. The molecule has 0 spiro atoms. The van der Waals surface area contributed by atoms with Crippen LogP contribution in [-0.4, -0.2) is 29.8 Å². The van der Waals surface area contributed by atoms with E-state index in [-0.39, 0.29) is 23.1 Å². The van der Waals surface area contributed by atoms with Crippen LogP contribution in [0.15, 0.2) is 24.3 Å². The molecule has 2 amide bonds. The van der Waals surface area contributed by atoms with Crippen LogP contribution in [0.5, 0.6) is 0 Å². The first kappa shape index (κ1) is 18.9. The first-order valence-corrected chi connectivity index (χ1v) is 9.84. The third kappa shape index (κ3) is 4.64. The van der Waals surface area contributed by atoms with Crippen LogP contribution in [0.4, 0.5) is 0 Å². The molecule has 1 aromatic carbocycles. The van der Waals surface area contributed by atoms with E-state index in [0.717, 1.165) is 63.7 Å². The number of nitrogens with one attached hydrogen (secondary N) is 1. The molecule has 5 heteroatoms. The van der Waals surface area contributed by atoms with Crippen molar-refractivity contribution in [1.82, 2.24) is 10.2 Å². The fourth-order valence-electron chi connectivity index (χ4n) is 4.31. The van der Waals surface area contributed by atoms with Crippen molar-refractivity contribution in [2.75, 3.05) is 13.1 Å². The zero-order valence-corrected chi connectivity index (χ0v) is 15.8. The molecule has 2 fully saturated rings. The first-order valence-electron chi connectivity index (χ1n) is 9.84. The van der Waals surface area contributed by atoms with E-state index in [4.69, 9.17) is 5.73 Å². The molecule has 5 nitrogen and oxygen atoms in total. The van der Waals surface area contributed by atoms with Gasteiger partial charge in [-0.1, -0.05) is 44.0 Å². The summed E-state index contributed by atoms with van der Waals surface area (Å²) in [5.74, 6) is -0.0364. The van der Waals surface area contributed by atoms with Gasteiger partial charge in [0.15, 0.2) is 0 Å². The second kappa shape index (κ2) is 8.21. The number of rotatable bonds is 6. The van der Waals surface area contributed by atoms with Gasteiger partial charge >= 0.3 is 0 Å². The molecule has 1 saturated carbocycles. The Morgan fingerprint density at radius 2 is 1.96 bits per heavy atom. The number of primary amides is 1. The second-order valence-corrected chi connectivity index (χ2v) is 8.25. The molecule has 1 unspecified atom stereocenters. The van der Waals surface area contributed by atoms with Crippen LogP contribution in [0.1, 0.15) is 56.6 Å². The van der Waals surface area contributed by atoms with E-state index in [0.29, 0.717) is 6.54 Å². The zero-order chi connectivity index (χ0) is 18.6. The molecule has 3 N–H and O–H groups in total. The predicted molar refractivity (Wildman–Crippen MR) is 102 cm³/mol. The normalized spacial score (nSPS) is 22.9. The van der Waals surface area contributed by atoms with Crippen LogP contribution in [-0.2, 0) is 22.7 Å². The molecule has 26 heavy (non-hydrogen) atoms. The standard InChI is InChI=1S/C21H31N3O2/c1-21(9-2-3-10-21)20(26)23-13-16-6-4-7-17(12-16)14-24-11-5-8-18(15-24)19(22)25/h4,6-7,12,18H,2-3,5,8-11,13-15H2,1H3,(H2,22,25)(H,23,26). The first-order chi connectivity index (χ1) is 12.5. The third-order valence-electron chi connectivity index (χ3n) is 6.01. The maximum atomic E-state index is 12.5. The fourth-order valence-corrected chi connectivity index (χ4v) is 4.31. The summed E-state index contributed by atoms with van der Waals surface area (Å²) in [6, 6.07) is 8.37. The number of nitrogens with zero attached hydrogens (tertiary/aromatic N) is 1. The number of benzene rings is 1. The van der Waals surface area contributed by atoms with Crippen molar-refractivity contribution < 1.29 is 9.59 Å². The van der Waals surface area contributed by atoms with E-state index in [1.807, 2.05) is 6.07 Å². The largest absolute Gasteiger partial charge is 0.369 e. The molecule has 142 valence electrons. The molecule has 2 aliphatic rings. The summed E-state index contributed by atoms with van der Waals surface area (Å²) in [5, 5.41) is 3.12. The Kier molecular flexibility index (Phi) is 5.97. The van der Waals surface area contributed by atoms with Gasteiger partial charge in [-0.2, -0.15) is 0 Å². The lowest BCUT2D eigenvalue weighted by Crippen LogP contribution is -2.40. The van der Waals surface area contributed by atoms with Crippen molar-refractivity contribution in [1.29, 1.82) is 0 Å². The van der Waals surface area contributed by atoms with Crippen molar-refractivity contribution in [3.63, 3.8) is 0 Å². The number of carbonyl (C=O) groups excluding carboxylic acids is 2. The number of hydrogen-bond acceptors (Lipinski definition) is 3. The van der Waals surface area contributed by atoms with Crippen molar-refractivity contribution in [3.05, 3.63) is 35.4 Å². The molecule has 1 atom stereocenters. The monoisotopic (exact) mass is 357 g/mol. The number of amides is 2. The molecule has 1 aliphatic heterocycles. The van der Waals surface area contributed by atoms with E-state index >= 15 is 0 Å². The van der Waals surface area contributed by atoms with Gasteiger partial charge in [-0.15, -0.1) is 0 Å². The fraction of sp³-hybridized carbons (Fsp3) is 0.619. The number of piperidine rings is 1. The Labute approximate surface area is 156 Å². The van der Waals surface area contributed by atoms with E-state index in [9.17, 15) is 9.59 Å². The summed E-state index contributed by atoms with van der Waals surface area (Å²) >= 11 is 0. The van der Waals surface area contributed by atoms with E-state index in [1.54, 1.807) is 0 Å². The highest BCUT2D eigenvalue weighted by Crippen LogP contribution is 2.37. The smallest absolute Gasteiger partial charge is 0.226 e. The molecule has 0 bridgehead atoms. The van der Waals surface area contributed by atoms with Gasteiger partial charge in [0.05, 0.1) is 5.92 Å². The van der Waals surface area contributed by atoms with E-state index < -0.39 is 0 Å². The van der Waals surface area contributed by atoms with Crippen LogP contribution < -0.4 is 11.1 Å². The molecule has 1 heterocycles. The minimum absolute atomic E-state index is 0.0293. The molecule has 0 aromatic heterocycles. The Morgan fingerprint density at radius 3 is 2.69 bits per heavy atom. The Bertz CT molecular complexity index is 652. The van der Waals surface area contributed by atoms with Crippen molar-refractivity contribution >= 4 is 11.8 Å².